The van der Waals surface area contributed by atoms with Crippen LogP contribution in [0.4, 0.5) is 0 Å². The van der Waals surface area contributed by atoms with Crippen LogP contribution in [-0.2, 0) is 9.59 Å². The molecule has 2 aliphatic heterocycles. The summed E-state index contributed by atoms with van der Waals surface area (Å²) >= 11 is 0. The number of nitrogens with zero attached hydrogens (tertiary/aromatic N) is 1. The standard InChI is InChI=1S/C11H18N2O2/c1-8-5-10(14)13(11(15)6-8)7-9-3-2-4-12-9/h8-9,12H,2-7H2,1H3/t9-/m0/s1. The number of piperidine rings is 1. The maximum absolute atomic E-state index is 11.7. The maximum Gasteiger partial charge on any atom is 0.229 e. The number of nitrogens with one attached hydrogen (secondary N) is 1. The molecule has 0 radical (unpaired) electrons. The quantitative estimate of drug-likeness (QED) is 0.676. The van der Waals surface area contributed by atoms with Gasteiger partial charge in [0.2, 0.25) is 11.8 Å². The number of hydrogen-bond acceptors (Lipinski definition) is 3. The lowest BCUT2D eigenvalue weighted by molar-refractivity contribution is -0.150. The first-order chi connectivity index (χ1) is 7.16. The van der Waals surface area contributed by atoms with Gasteiger partial charge in [-0.25, -0.2) is 0 Å². The number of rotatable bonds is 2. The molecule has 2 saturated heterocycles. The molecule has 0 saturated carbocycles. The minimum Gasteiger partial charge on any atom is -0.312 e. The minimum atomic E-state index is 0.00690. The molecule has 2 heterocycles. The van der Waals surface area contributed by atoms with E-state index in [4.69, 9.17) is 0 Å². The summed E-state index contributed by atoms with van der Waals surface area (Å²) in [6.07, 6.45) is 3.28. The molecule has 15 heavy (non-hydrogen) atoms. The van der Waals surface area contributed by atoms with Crippen molar-refractivity contribution in [1.82, 2.24) is 10.2 Å². The van der Waals surface area contributed by atoms with Gasteiger partial charge in [0, 0.05) is 25.4 Å². The van der Waals surface area contributed by atoms with Gasteiger partial charge in [-0.05, 0) is 25.3 Å². The van der Waals surface area contributed by atoms with Crippen molar-refractivity contribution in [3.8, 4) is 0 Å². The second-order valence-electron chi connectivity index (χ2n) is 4.70. The third kappa shape index (κ3) is 2.37. The number of hydrogen-bond donors (Lipinski definition) is 1. The molecule has 4 nitrogen and oxygen atoms in total. The monoisotopic (exact) mass is 210 g/mol. The molecule has 0 spiro atoms. The molecule has 0 aromatic rings. The van der Waals surface area contributed by atoms with Crippen LogP contribution in [0.15, 0.2) is 0 Å². The molecule has 1 N–H and O–H groups in total. The molecule has 2 aliphatic rings. The van der Waals surface area contributed by atoms with Gasteiger partial charge in [0.05, 0.1) is 0 Å². The average Bonchev–Trinajstić information content (AvgIpc) is 2.63. The van der Waals surface area contributed by atoms with Crippen LogP contribution < -0.4 is 5.32 Å². The Labute approximate surface area is 90.0 Å². The summed E-state index contributed by atoms with van der Waals surface area (Å²) < 4.78 is 0. The predicted molar refractivity (Wildman–Crippen MR) is 56.1 cm³/mol. The van der Waals surface area contributed by atoms with E-state index in [0.717, 1.165) is 19.4 Å². The van der Waals surface area contributed by atoms with E-state index in [2.05, 4.69) is 5.32 Å². The zero-order valence-electron chi connectivity index (χ0n) is 9.16. The highest BCUT2D eigenvalue weighted by molar-refractivity contribution is 5.97. The molecule has 0 bridgehead atoms. The Kier molecular flexibility index (Phi) is 3.05. The van der Waals surface area contributed by atoms with Crippen LogP contribution in [0.5, 0.6) is 0 Å². The fourth-order valence-electron chi connectivity index (χ4n) is 2.36. The second-order valence-corrected chi connectivity index (χ2v) is 4.70. The number of carbonyl (C=O) groups excluding carboxylic acids is 2. The van der Waals surface area contributed by atoms with E-state index < -0.39 is 0 Å². The topological polar surface area (TPSA) is 49.4 Å². The molecule has 0 aromatic carbocycles. The highest BCUT2D eigenvalue weighted by Gasteiger charge is 2.32. The van der Waals surface area contributed by atoms with Crippen molar-refractivity contribution in [2.24, 2.45) is 5.92 Å². The highest BCUT2D eigenvalue weighted by Crippen LogP contribution is 2.20. The summed E-state index contributed by atoms with van der Waals surface area (Å²) in [6.45, 7) is 3.54. The van der Waals surface area contributed by atoms with E-state index >= 15 is 0 Å². The summed E-state index contributed by atoms with van der Waals surface area (Å²) in [6, 6.07) is 0.325. The lowest BCUT2D eigenvalue weighted by Gasteiger charge is -2.30. The van der Waals surface area contributed by atoms with Gasteiger partial charge in [-0.2, -0.15) is 0 Å². The van der Waals surface area contributed by atoms with Crippen molar-refractivity contribution in [3.63, 3.8) is 0 Å². The zero-order chi connectivity index (χ0) is 10.8. The molecule has 2 rings (SSSR count). The van der Waals surface area contributed by atoms with E-state index in [0.29, 0.717) is 25.4 Å². The summed E-state index contributed by atoms with van der Waals surface area (Å²) in [7, 11) is 0. The van der Waals surface area contributed by atoms with Crippen LogP contribution in [0.1, 0.15) is 32.6 Å². The van der Waals surface area contributed by atoms with E-state index in [1.54, 1.807) is 0 Å². The van der Waals surface area contributed by atoms with Crippen LogP contribution >= 0.6 is 0 Å². The zero-order valence-corrected chi connectivity index (χ0v) is 9.16. The summed E-state index contributed by atoms with van der Waals surface area (Å²) in [5, 5.41) is 3.31. The Morgan fingerprint density at radius 3 is 2.53 bits per heavy atom. The number of imide groups is 1. The average molecular weight is 210 g/mol. The maximum atomic E-state index is 11.7. The molecule has 1 atom stereocenters. The molecular weight excluding hydrogens is 192 g/mol. The molecular formula is C11H18N2O2. The van der Waals surface area contributed by atoms with Crippen LogP contribution in [-0.4, -0.2) is 35.8 Å². The molecule has 2 fully saturated rings. The van der Waals surface area contributed by atoms with Crippen molar-refractivity contribution in [1.29, 1.82) is 0 Å². The first-order valence-electron chi connectivity index (χ1n) is 5.73. The highest BCUT2D eigenvalue weighted by atomic mass is 16.2. The summed E-state index contributed by atoms with van der Waals surface area (Å²) in [4.78, 5) is 24.8. The lowest BCUT2D eigenvalue weighted by Crippen LogP contribution is -2.48. The van der Waals surface area contributed by atoms with Crippen LogP contribution in [0.3, 0.4) is 0 Å². The Hall–Kier alpha value is -0.900. The Morgan fingerprint density at radius 2 is 2.00 bits per heavy atom. The van der Waals surface area contributed by atoms with Gasteiger partial charge in [-0.1, -0.05) is 6.92 Å². The molecule has 0 aliphatic carbocycles. The minimum absolute atomic E-state index is 0.00690. The molecule has 2 amide bonds. The van der Waals surface area contributed by atoms with Crippen molar-refractivity contribution < 1.29 is 9.59 Å². The van der Waals surface area contributed by atoms with Crippen LogP contribution in [0.2, 0.25) is 0 Å². The van der Waals surface area contributed by atoms with Crippen LogP contribution in [0, 0.1) is 5.92 Å². The number of likely N-dealkylation sites (tertiary alicyclic amines) is 1. The fourth-order valence-corrected chi connectivity index (χ4v) is 2.36. The Morgan fingerprint density at radius 1 is 1.33 bits per heavy atom. The number of amides is 2. The molecule has 84 valence electrons. The second kappa shape index (κ2) is 4.31. The van der Waals surface area contributed by atoms with Gasteiger partial charge in [0.1, 0.15) is 0 Å². The van der Waals surface area contributed by atoms with Crippen molar-refractivity contribution in [2.45, 2.75) is 38.6 Å². The lowest BCUT2D eigenvalue weighted by atomic mass is 9.97. The predicted octanol–water partition coefficient (Wildman–Crippen LogP) is 0.524. The smallest absolute Gasteiger partial charge is 0.229 e. The van der Waals surface area contributed by atoms with E-state index in [1.165, 1.54) is 4.90 Å². The third-order valence-corrected chi connectivity index (χ3v) is 3.21. The number of carbonyl (C=O) groups is 2. The van der Waals surface area contributed by atoms with Gasteiger partial charge >= 0.3 is 0 Å². The molecule has 0 unspecified atom stereocenters. The first-order valence-corrected chi connectivity index (χ1v) is 5.73. The van der Waals surface area contributed by atoms with Gasteiger partial charge in [-0.15, -0.1) is 0 Å². The van der Waals surface area contributed by atoms with Gasteiger partial charge < -0.3 is 5.32 Å². The van der Waals surface area contributed by atoms with E-state index in [9.17, 15) is 9.59 Å². The van der Waals surface area contributed by atoms with Crippen molar-refractivity contribution in [2.75, 3.05) is 13.1 Å². The van der Waals surface area contributed by atoms with E-state index in [-0.39, 0.29) is 17.7 Å². The van der Waals surface area contributed by atoms with Gasteiger partial charge in [-0.3, -0.25) is 14.5 Å². The Balaban J connectivity index is 1.94. The summed E-state index contributed by atoms with van der Waals surface area (Å²) in [5.74, 6) is 0.234. The Bertz CT molecular complexity index is 254. The summed E-state index contributed by atoms with van der Waals surface area (Å²) in [5.41, 5.74) is 0. The normalized spacial score (nSPS) is 28.9. The first kappa shape index (κ1) is 10.6. The van der Waals surface area contributed by atoms with Gasteiger partial charge in [0.15, 0.2) is 0 Å². The molecule has 0 aromatic heterocycles. The van der Waals surface area contributed by atoms with Gasteiger partial charge in [0.25, 0.3) is 0 Å². The third-order valence-electron chi connectivity index (χ3n) is 3.21. The largest absolute Gasteiger partial charge is 0.312 e. The fraction of sp³-hybridized carbons (Fsp3) is 0.818. The van der Waals surface area contributed by atoms with Crippen LogP contribution in [0.25, 0.3) is 0 Å². The van der Waals surface area contributed by atoms with Crippen molar-refractivity contribution in [3.05, 3.63) is 0 Å². The molecule has 4 heteroatoms. The SMILES string of the molecule is CC1CC(=O)N(C[C@@H]2CCCN2)C(=O)C1. The van der Waals surface area contributed by atoms with Crippen molar-refractivity contribution >= 4 is 11.8 Å². The van der Waals surface area contributed by atoms with E-state index in [1.807, 2.05) is 6.92 Å².